The van der Waals surface area contributed by atoms with Gasteiger partial charge in [0.15, 0.2) is 5.78 Å². The lowest BCUT2D eigenvalue weighted by molar-refractivity contribution is -0.118. The van der Waals surface area contributed by atoms with Gasteiger partial charge in [-0.05, 0) is 30.7 Å². The third-order valence-corrected chi connectivity index (χ3v) is 5.72. The van der Waals surface area contributed by atoms with Gasteiger partial charge < -0.3 is 5.32 Å². The van der Waals surface area contributed by atoms with Crippen LogP contribution >= 0.6 is 23.1 Å². The smallest absolute Gasteiger partial charge is 0.216 e. The Kier molecular flexibility index (Phi) is 5.83. The summed E-state index contributed by atoms with van der Waals surface area (Å²) in [5, 5.41) is 4.72. The molecule has 4 nitrogen and oxygen atoms in total. The molecule has 2 aromatic heterocycles. The van der Waals surface area contributed by atoms with Crippen LogP contribution in [0.4, 0.5) is 0 Å². The number of pyridine rings is 1. The Hall–Kier alpha value is -2.18. The van der Waals surface area contributed by atoms with E-state index in [1.807, 2.05) is 48.5 Å². The maximum atomic E-state index is 12.4. The summed E-state index contributed by atoms with van der Waals surface area (Å²) in [6, 6.07) is 15.7. The van der Waals surface area contributed by atoms with Gasteiger partial charge in [-0.15, -0.1) is 11.3 Å². The monoisotopic (exact) mass is 370 g/mol. The van der Waals surface area contributed by atoms with Crippen LogP contribution < -0.4 is 5.32 Å². The zero-order chi connectivity index (χ0) is 17.6. The van der Waals surface area contributed by atoms with E-state index in [4.69, 9.17) is 0 Å². The molecule has 25 heavy (non-hydrogen) atoms. The first-order valence-corrected chi connectivity index (χ1v) is 9.77. The van der Waals surface area contributed by atoms with Gasteiger partial charge in [-0.2, -0.15) is 0 Å². The third kappa shape index (κ3) is 4.90. The zero-order valence-electron chi connectivity index (χ0n) is 13.8. The van der Waals surface area contributed by atoms with Crippen LogP contribution in [-0.4, -0.2) is 29.0 Å². The van der Waals surface area contributed by atoms with Crippen LogP contribution in [0, 0.1) is 0 Å². The van der Waals surface area contributed by atoms with Gasteiger partial charge in [0.1, 0.15) is 0 Å². The number of carbonyl (C=O) groups is 2. The van der Waals surface area contributed by atoms with E-state index in [9.17, 15) is 9.59 Å². The molecule has 0 aliphatic carbocycles. The molecule has 0 aliphatic heterocycles. The molecule has 0 radical (unpaired) electrons. The normalized spacial score (nSPS) is 10.8. The predicted molar refractivity (Wildman–Crippen MR) is 104 cm³/mol. The van der Waals surface area contributed by atoms with Gasteiger partial charge in [0.05, 0.1) is 21.2 Å². The fourth-order valence-electron chi connectivity index (χ4n) is 2.36. The number of rotatable bonds is 7. The van der Waals surface area contributed by atoms with E-state index >= 15 is 0 Å². The number of hydrogen-bond acceptors (Lipinski definition) is 5. The van der Waals surface area contributed by atoms with E-state index in [0.717, 1.165) is 32.1 Å². The van der Waals surface area contributed by atoms with Gasteiger partial charge in [0, 0.05) is 23.7 Å². The van der Waals surface area contributed by atoms with Crippen LogP contribution in [0.3, 0.4) is 0 Å². The highest BCUT2D eigenvalue weighted by Gasteiger charge is 2.11. The van der Waals surface area contributed by atoms with E-state index in [2.05, 4.69) is 10.3 Å². The first kappa shape index (κ1) is 17.6. The lowest BCUT2D eigenvalue weighted by Gasteiger charge is -2.02. The summed E-state index contributed by atoms with van der Waals surface area (Å²) < 4.78 is 0. The maximum Gasteiger partial charge on any atom is 0.216 e. The lowest BCUT2D eigenvalue weighted by atomic mass is 10.2. The number of benzene rings is 1. The summed E-state index contributed by atoms with van der Waals surface area (Å²) in [5.41, 5.74) is 0.941. The van der Waals surface area contributed by atoms with E-state index < -0.39 is 0 Å². The topological polar surface area (TPSA) is 59.1 Å². The molecule has 1 amide bonds. The molecule has 0 fully saturated rings. The van der Waals surface area contributed by atoms with Crippen LogP contribution in [0.1, 0.15) is 21.5 Å². The molecule has 128 valence electrons. The molecule has 6 heteroatoms. The number of aromatic nitrogens is 1. The van der Waals surface area contributed by atoms with Crippen molar-refractivity contribution in [3.63, 3.8) is 0 Å². The van der Waals surface area contributed by atoms with Crippen molar-refractivity contribution >= 4 is 45.7 Å². The minimum atomic E-state index is -0.0351. The molecule has 0 saturated carbocycles. The second kappa shape index (κ2) is 8.27. The highest BCUT2D eigenvalue weighted by atomic mass is 32.2. The second-order valence-corrected chi connectivity index (χ2v) is 7.72. The number of carbonyl (C=O) groups excluding carboxylic acids is 2. The van der Waals surface area contributed by atoms with Gasteiger partial charge >= 0.3 is 0 Å². The van der Waals surface area contributed by atoms with Gasteiger partial charge in [-0.1, -0.05) is 36.0 Å². The maximum absolute atomic E-state index is 12.4. The van der Waals surface area contributed by atoms with Gasteiger partial charge in [0.25, 0.3) is 0 Å². The Balaban J connectivity index is 1.56. The number of para-hydroxylation sites is 1. The van der Waals surface area contributed by atoms with Gasteiger partial charge in [-0.25, -0.2) is 4.98 Å². The Labute approximate surface area is 154 Å². The molecule has 2 heterocycles. The number of thiophene rings is 1. The number of amides is 1. The van der Waals surface area contributed by atoms with Crippen LogP contribution in [-0.2, 0) is 11.2 Å². The van der Waals surface area contributed by atoms with Crippen molar-refractivity contribution in [2.45, 2.75) is 18.4 Å². The molecule has 1 N–H and O–H groups in total. The zero-order valence-corrected chi connectivity index (χ0v) is 15.5. The van der Waals surface area contributed by atoms with Crippen LogP contribution in [0.15, 0.2) is 53.6 Å². The lowest BCUT2D eigenvalue weighted by Crippen LogP contribution is -2.22. The number of nitrogens with one attached hydrogen (secondary N) is 1. The summed E-state index contributed by atoms with van der Waals surface area (Å²) in [6.45, 7) is 2.10. The van der Waals surface area contributed by atoms with E-state index in [0.29, 0.717) is 12.3 Å². The molecule has 0 bridgehead atoms. The fraction of sp³-hybridized carbons (Fsp3) is 0.211. The molecule has 0 spiro atoms. The predicted octanol–water partition coefficient (Wildman–Crippen LogP) is 3.95. The fourth-order valence-corrected chi connectivity index (χ4v) is 4.16. The van der Waals surface area contributed by atoms with Gasteiger partial charge in [-0.3, -0.25) is 9.59 Å². The number of Topliss-reactive ketones (excluding diaryl/α,β-unsaturated/α-hetero) is 1. The van der Waals surface area contributed by atoms with Crippen molar-refractivity contribution in [3.8, 4) is 0 Å². The Bertz CT molecular complexity index is 905. The number of ketones is 1. The van der Waals surface area contributed by atoms with Crippen molar-refractivity contribution in [2.24, 2.45) is 0 Å². The van der Waals surface area contributed by atoms with Crippen molar-refractivity contribution < 1.29 is 9.59 Å². The molecule has 0 atom stereocenters. The summed E-state index contributed by atoms with van der Waals surface area (Å²) in [7, 11) is 0. The number of hydrogen-bond donors (Lipinski definition) is 1. The summed E-state index contributed by atoms with van der Waals surface area (Å²) in [4.78, 5) is 29.7. The largest absolute Gasteiger partial charge is 0.356 e. The van der Waals surface area contributed by atoms with Crippen molar-refractivity contribution in [3.05, 3.63) is 58.3 Å². The molecule has 0 saturated heterocycles. The summed E-state index contributed by atoms with van der Waals surface area (Å²) >= 11 is 2.95. The second-order valence-electron chi connectivity index (χ2n) is 5.55. The third-order valence-electron chi connectivity index (χ3n) is 3.61. The highest BCUT2D eigenvalue weighted by Crippen LogP contribution is 2.23. The average molecular weight is 370 g/mol. The van der Waals surface area contributed by atoms with E-state index in [1.54, 1.807) is 0 Å². The first-order valence-electron chi connectivity index (χ1n) is 7.97. The van der Waals surface area contributed by atoms with E-state index in [1.165, 1.54) is 30.0 Å². The van der Waals surface area contributed by atoms with Crippen molar-refractivity contribution in [1.29, 1.82) is 0 Å². The Morgan fingerprint density at radius 3 is 2.80 bits per heavy atom. The molecule has 3 rings (SSSR count). The Morgan fingerprint density at radius 2 is 1.96 bits per heavy atom. The quantitative estimate of drug-likeness (QED) is 0.505. The Morgan fingerprint density at radius 1 is 1.12 bits per heavy atom. The number of nitrogens with zero attached hydrogens (tertiary/aromatic N) is 1. The molecule has 3 aromatic rings. The average Bonchev–Trinajstić information content (AvgIpc) is 3.08. The van der Waals surface area contributed by atoms with E-state index in [-0.39, 0.29) is 11.7 Å². The van der Waals surface area contributed by atoms with Crippen LogP contribution in [0.5, 0.6) is 0 Å². The van der Waals surface area contributed by atoms with Crippen molar-refractivity contribution in [2.75, 3.05) is 12.3 Å². The SMILES string of the molecule is CC(=O)NCCc1ccc(C(=O)CSc2ccc3ccccc3n2)s1. The highest BCUT2D eigenvalue weighted by molar-refractivity contribution is 8.00. The molecule has 0 unspecified atom stereocenters. The standard InChI is InChI=1S/C19H18N2O2S2/c1-13(22)20-11-10-15-7-8-18(25-15)17(23)12-24-19-9-6-14-4-2-3-5-16(14)21-19/h2-9H,10-12H2,1H3,(H,20,22). The minimum Gasteiger partial charge on any atom is -0.356 e. The van der Waals surface area contributed by atoms with Crippen LogP contribution in [0.25, 0.3) is 10.9 Å². The summed E-state index contributed by atoms with van der Waals surface area (Å²) in [5.74, 6) is 0.444. The molecular weight excluding hydrogens is 352 g/mol. The first-order chi connectivity index (χ1) is 12.1. The minimum absolute atomic E-state index is 0.0351. The number of thioether (sulfide) groups is 1. The molecule has 1 aromatic carbocycles. The molecule has 0 aliphatic rings. The summed E-state index contributed by atoms with van der Waals surface area (Å²) in [6.07, 6.45) is 0.747. The van der Waals surface area contributed by atoms with Crippen molar-refractivity contribution in [1.82, 2.24) is 10.3 Å². The van der Waals surface area contributed by atoms with Gasteiger partial charge in [0.2, 0.25) is 5.91 Å². The number of fused-ring (bicyclic) bond motifs is 1. The molecular formula is C19H18N2O2S2. The van der Waals surface area contributed by atoms with Crippen LogP contribution in [0.2, 0.25) is 0 Å².